The van der Waals surface area contributed by atoms with Crippen LogP contribution in [0.25, 0.3) is 27.8 Å². The second-order valence-electron chi connectivity index (χ2n) is 8.14. The summed E-state index contributed by atoms with van der Waals surface area (Å²) < 4.78 is 1.83. The van der Waals surface area contributed by atoms with Crippen LogP contribution in [0, 0.1) is 0 Å². The van der Waals surface area contributed by atoms with Crippen LogP contribution in [0.15, 0.2) is 73.1 Å². The van der Waals surface area contributed by atoms with Crippen molar-refractivity contribution in [2.75, 3.05) is 29.9 Å². The Hall–Kier alpha value is -4.17. The lowest BCUT2D eigenvalue weighted by molar-refractivity contribution is 0.252. The molecule has 3 heterocycles. The number of nitrogens with zero attached hydrogens (tertiary/aromatic N) is 6. The van der Waals surface area contributed by atoms with Crippen molar-refractivity contribution in [1.82, 2.24) is 24.9 Å². The van der Waals surface area contributed by atoms with Gasteiger partial charge in [0.05, 0.1) is 5.52 Å². The first-order valence-corrected chi connectivity index (χ1v) is 11.2. The average Bonchev–Trinajstić information content (AvgIpc) is 3.52. The molecule has 2 aromatic heterocycles. The van der Waals surface area contributed by atoms with Gasteiger partial charge in [-0.1, -0.05) is 35.9 Å². The number of rotatable bonds is 4. The number of urea groups is 1. The number of halogens is 1. The third-order valence-electron chi connectivity index (χ3n) is 6.12. The van der Waals surface area contributed by atoms with Crippen LogP contribution in [-0.4, -0.2) is 45.8 Å². The fourth-order valence-corrected chi connectivity index (χ4v) is 4.51. The predicted octanol–water partition coefficient (Wildman–Crippen LogP) is 4.90. The average molecular weight is 470 g/mol. The normalized spacial score (nSPS) is 13.6. The van der Waals surface area contributed by atoms with Gasteiger partial charge >= 0.3 is 6.03 Å². The Bertz CT molecular complexity index is 1550. The van der Waals surface area contributed by atoms with E-state index in [4.69, 9.17) is 16.6 Å². The summed E-state index contributed by atoms with van der Waals surface area (Å²) in [5.74, 6) is 1.27. The first-order chi connectivity index (χ1) is 16.6. The standard InChI is InChI=1S/C25H20ClN7O/c1-31(23-21-10-7-18(26)14-22(21)33-15-28-30-24(33)29-23)20-4-2-3-17(13-20)16-5-8-19(9-6-16)32-12-11-27-25(32)34/h2-10,13-15H,11-12H2,1H3,(H,27,34). The van der Waals surface area contributed by atoms with Crippen LogP contribution in [0.3, 0.4) is 0 Å². The fraction of sp³-hybridized carbons (Fsp3) is 0.120. The van der Waals surface area contributed by atoms with Crippen LogP contribution in [0.2, 0.25) is 5.02 Å². The lowest BCUT2D eigenvalue weighted by Gasteiger charge is -2.21. The molecule has 0 unspecified atom stereocenters. The van der Waals surface area contributed by atoms with Gasteiger partial charge in [-0.05, 0) is 53.6 Å². The highest BCUT2D eigenvalue weighted by atomic mass is 35.5. The molecule has 0 radical (unpaired) electrons. The molecular weight excluding hydrogens is 450 g/mol. The summed E-state index contributed by atoms with van der Waals surface area (Å²) in [4.78, 5) is 20.5. The molecule has 1 aliphatic heterocycles. The summed E-state index contributed by atoms with van der Waals surface area (Å²) >= 11 is 6.27. The topological polar surface area (TPSA) is 78.7 Å². The van der Waals surface area contributed by atoms with Gasteiger partial charge in [-0.15, -0.1) is 10.2 Å². The lowest BCUT2D eigenvalue weighted by Crippen LogP contribution is -2.27. The van der Waals surface area contributed by atoms with Gasteiger partial charge in [-0.25, -0.2) is 4.79 Å². The van der Waals surface area contributed by atoms with Gasteiger partial charge in [0.1, 0.15) is 12.1 Å². The minimum absolute atomic E-state index is 0.0537. The summed E-state index contributed by atoms with van der Waals surface area (Å²) in [5, 5.41) is 12.6. The Kier molecular flexibility index (Phi) is 4.81. The van der Waals surface area contributed by atoms with E-state index >= 15 is 0 Å². The molecular formula is C25H20ClN7O. The van der Waals surface area contributed by atoms with Gasteiger partial charge in [-0.3, -0.25) is 9.30 Å². The second kappa shape index (κ2) is 8.00. The maximum atomic E-state index is 11.9. The van der Waals surface area contributed by atoms with Crippen LogP contribution in [-0.2, 0) is 0 Å². The molecule has 168 valence electrons. The highest BCUT2D eigenvalue weighted by Crippen LogP contribution is 2.33. The highest BCUT2D eigenvalue weighted by Gasteiger charge is 2.21. The zero-order valence-electron chi connectivity index (χ0n) is 18.3. The molecule has 1 aliphatic rings. The molecule has 1 N–H and O–H groups in total. The number of hydrogen-bond acceptors (Lipinski definition) is 5. The number of fused-ring (bicyclic) bond motifs is 3. The van der Waals surface area contributed by atoms with Crippen molar-refractivity contribution < 1.29 is 4.79 Å². The first-order valence-electron chi connectivity index (χ1n) is 10.9. The van der Waals surface area contributed by atoms with Gasteiger partial charge in [0, 0.05) is 41.9 Å². The third kappa shape index (κ3) is 3.39. The number of nitrogens with one attached hydrogen (secondary N) is 1. The molecule has 0 spiro atoms. The van der Waals surface area contributed by atoms with Gasteiger partial charge in [-0.2, -0.15) is 4.98 Å². The van der Waals surface area contributed by atoms with E-state index in [-0.39, 0.29) is 6.03 Å². The molecule has 0 aliphatic carbocycles. The zero-order valence-corrected chi connectivity index (χ0v) is 19.1. The largest absolute Gasteiger partial charge is 0.336 e. The lowest BCUT2D eigenvalue weighted by atomic mass is 10.0. The molecule has 0 atom stereocenters. The number of benzene rings is 3. The summed E-state index contributed by atoms with van der Waals surface area (Å²) in [6.45, 7) is 1.35. The predicted molar refractivity (Wildman–Crippen MR) is 134 cm³/mol. The number of carbonyl (C=O) groups is 1. The number of anilines is 3. The van der Waals surface area contributed by atoms with E-state index in [2.05, 4.69) is 27.6 Å². The van der Waals surface area contributed by atoms with Crippen molar-refractivity contribution in [2.45, 2.75) is 0 Å². The maximum Gasteiger partial charge on any atom is 0.321 e. The van der Waals surface area contributed by atoms with Crippen LogP contribution >= 0.6 is 11.6 Å². The molecule has 5 aromatic rings. The number of aromatic nitrogens is 4. The molecule has 1 saturated heterocycles. The Morgan fingerprint density at radius 3 is 2.68 bits per heavy atom. The Labute approximate surface area is 200 Å². The Morgan fingerprint density at radius 2 is 1.88 bits per heavy atom. The van der Waals surface area contributed by atoms with Crippen LogP contribution in [0.5, 0.6) is 0 Å². The summed E-state index contributed by atoms with van der Waals surface area (Å²) in [6.07, 6.45) is 1.64. The minimum atomic E-state index is -0.0537. The third-order valence-corrected chi connectivity index (χ3v) is 6.35. The van der Waals surface area contributed by atoms with Crippen molar-refractivity contribution in [1.29, 1.82) is 0 Å². The maximum absolute atomic E-state index is 11.9. The van der Waals surface area contributed by atoms with Crippen molar-refractivity contribution >= 4 is 51.5 Å². The quantitative estimate of drug-likeness (QED) is 0.405. The van der Waals surface area contributed by atoms with E-state index in [0.29, 0.717) is 23.9 Å². The molecule has 3 aromatic carbocycles. The Morgan fingerprint density at radius 1 is 1.03 bits per heavy atom. The summed E-state index contributed by atoms with van der Waals surface area (Å²) in [5.41, 5.74) is 4.90. The molecule has 2 amide bonds. The highest BCUT2D eigenvalue weighted by molar-refractivity contribution is 6.31. The van der Waals surface area contributed by atoms with Crippen molar-refractivity contribution in [3.8, 4) is 11.1 Å². The minimum Gasteiger partial charge on any atom is -0.336 e. The van der Waals surface area contributed by atoms with E-state index in [1.54, 1.807) is 11.2 Å². The van der Waals surface area contributed by atoms with E-state index < -0.39 is 0 Å². The van der Waals surface area contributed by atoms with E-state index in [9.17, 15) is 4.79 Å². The zero-order chi connectivity index (χ0) is 23.2. The van der Waals surface area contributed by atoms with Gasteiger partial charge < -0.3 is 10.2 Å². The summed E-state index contributed by atoms with van der Waals surface area (Å²) in [6, 6.07) is 22.0. The molecule has 1 fully saturated rings. The molecule has 0 bridgehead atoms. The molecule has 6 rings (SSSR count). The fourth-order valence-electron chi connectivity index (χ4n) is 4.35. The van der Waals surface area contributed by atoms with E-state index in [1.807, 2.05) is 70.9 Å². The number of carbonyl (C=O) groups excluding carboxylic acids is 1. The molecule has 8 nitrogen and oxygen atoms in total. The van der Waals surface area contributed by atoms with Crippen molar-refractivity contribution in [2.24, 2.45) is 0 Å². The molecule has 9 heteroatoms. The Balaban J connectivity index is 1.38. The molecule has 34 heavy (non-hydrogen) atoms. The number of hydrogen-bond donors (Lipinski definition) is 1. The van der Waals surface area contributed by atoms with Gasteiger partial charge in [0.2, 0.25) is 0 Å². The van der Waals surface area contributed by atoms with Gasteiger partial charge in [0.25, 0.3) is 5.78 Å². The number of amides is 2. The van der Waals surface area contributed by atoms with Crippen molar-refractivity contribution in [3.05, 3.63) is 78.1 Å². The van der Waals surface area contributed by atoms with E-state index in [1.165, 1.54) is 0 Å². The van der Waals surface area contributed by atoms with Crippen LogP contribution in [0.4, 0.5) is 22.0 Å². The van der Waals surface area contributed by atoms with Crippen LogP contribution in [0.1, 0.15) is 0 Å². The van der Waals surface area contributed by atoms with E-state index in [0.717, 1.165) is 39.2 Å². The second-order valence-corrected chi connectivity index (χ2v) is 8.57. The monoisotopic (exact) mass is 469 g/mol. The summed E-state index contributed by atoms with van der Waals surface area (Å²) in [7, 11) is 1.98. The van der Waals surface area contributed by atoms with Gasteiger partial charge in [0.15, 0.2) is 0 Å². The first kappa shape index (κ1) is 20.4. The van der Waals surface area contributed by atoms with Crippen molar-refractivity contribution in [3.63, 3.8) is 0 Å². The SMILES string of the molecule is CN(c1cccc(-c2ccc(N3CCNC3=O)cc2)c1)c1nc2nncn2c2cc(Cl)ccc12. The van der Waals surface area contributed by atoms with Crippen LogP contribution < -0.4 is 15.1 Å². The molecule has 0 saturated carbocycles. The smallest absolute Gasteiger partial charge is 0.321 e.